The van der Waals surface area contributed by atoms with E-state index < -0.39 is 24.3 Å². The van der Waals surface area contributed by atoms with Crippen LogP contribution in [0, 0.1) is 0 Å². The molecule has 0 aromatic heterocycles. The minimum Gasteiger partial charge on any atom is -0.475 e. The predicted molar refractivity (Wildman–Crippen MR) is 63.6 cm³/mol. The number of aliphatic carboxylic acids is 2. The Morgan fingerprint density at radius 3 is 1.58 bits per heavy atom. The van der Waals surface area contributed by atoms with E-state index in [0.717, 1.165) is 19.4 Å². The Morgan fingerprint density at radius 2 is 1.38 bits per heavy atom. The van der Waals surface area contributed by atoms with Gasteiger partial charge in [0.2, 0.25) is 0 Å². The average Bonchev–Trinajstić information content (AvgIpc) is 2.46. The van der Waals surface area contributed by atoms with Crippen LogP contribution in [-0.2, 0) is 19.1 Å². The van der Waals surface area contributed by atoms with Crippen LogP contribution in [0.2, 0.25) is 0 Å². The molecule has 24 heavy (non-hydrogen) atoms. The number of carboxylic acids is 2. The van der Waals surface area contributed by atoms with Crippen molar-refractivity contribution in [2.75, 3.05) is 13.7 Å². The van der Waals surface area contributed by atoms with Crippen molar-refractivity contribution >= 4 is 17.9 Å². The van der Waals surface area contributed by atoms with Crippen LogP contribution in [0.5, 0.6) is 0 Å². The Labute approximate surface area is 130 Å². The van der Waals surface area contributed by atoms with Gasteiger partial charge in [-0.2, -0.15) is 26.3 Å². The van der Waals surface area contributed by atoms with Crippen molar-refractivity contribution < 1.29 is 55.7 Å². The number of hydrazine groups is 1. The Bertz CT molecular complexity index is 395. The van der Waals surface area contributed by atoms with Crippen molar-refractivity contribution in [1.82, 2.24) is 10.9 Å². The van der Waals surface area contributed by atoms with Crippen LogP contribution >= 0.6 is 0 Å². The van der Waals surface area contributed by atoms with Crippen LogP contribution < -0.4 is 10.9 Å². The van der Waals surface area contributed by atoms with Gasteiger partial charge < -0.3 is 14.9 Å². The first-order valence-electron chi connectivity index (χ1n) is 5.90. The smallest absolute Gasteiger partial charge is 0.475 e. The van der Waals surface area contributed by atoms with Crippen molar-refractivity contribution in [2.24, 2.45) is 0 Å². The van der Waals surface area contributed by atoms with Gasteiger partial charge in [0.1, 0.15) is 6.04 Å². The number of esters is 1. The van der Waals surface area contributed by atoms with Crippen molar-refractivity contribution in [2.45, 2.75) is 31.2 Å². The molecule has 0 spiro atoms. The molecule has 0 bridgehead atoms. The molecule has 0 aromatic carbocycles. The Balaban J connectivity index is 0. The van der Waals surface area contributed by atoms with E-state index in [9.17, 15) is 31.1 Å². The maximum atomic E-state index is 10.8. The largest absolute Gasteiger partial charge is 0.490 e. The van der Waals surface area contributed by atoms with E-state index in [-0.39, 0.29) is 12.0 Å². The zero-order valence-electron chi connectivity index (χ0n) is 12.0. The molecule has 1 rings (SSSR count). The molecule has 14 heteroatoms. The normalized spacial score (nSPS) is 17.4. The van der Waals surface area contributed by atoms with Gasteiger partial charge in [0, 0.05) is 6.54 Å². The summed E-state index contributed by atoms with van der Waals surface area (Å²) in [6, 6.07) is -0.154. The van der Waals surface area contributed by atoms with Crippen LogP contribution in [0.25, 0.3) is 0 Å². The fraction of sp³-hybridized carbons (Fsp3) is 0.700. The Morgan fingerprint density at radius 1 is 1.00 bits per heavy atom. The van der Waals surface area contributed by atoms with Crippen molar-refractivity contribution in [3.63, 3.8) is 0 Å². The lowest BCUT2D eigenvalue weighted by Gasteiger charge is -2.21. The third kappa shape index (κ3) is 12.5. The lowest BCUT2D eigenvalue weighted by atomic mass is 10.1. The summed E-state index contributed by atoms with van der Waals surface area (Å²) >= 11 is 0. The van der Waals surface area contributed by atoms with E-state index in [4.69, 9.17) is 19.8 Å². The minimum atomic E-state index is -5.08. The summed E-state index contributed by atoms with van der Waals surface area (Å²) in [5, 5.41) is 14.2. The van der Waals surface area contributed by atoms with Gasteiger partial charge in [-0.05, 0) is 12.8 Å². The Hall–Kier alpha value is -2.09. The highest BCUT2D eigenvalue weighted by molar-refractivity contribution is 5.75. The molecule has 4 N–H and O–H groups in total. The number of rotatable bonds is 1. The predicted octanol–water partition coefficient (Wildman–Crippen LogP) is 0.683. The van der Waals surface area contributed by atoms with Crippen LogP contribution in [-0.4, -0.2) is 60.2 Å². The lowest BCUT2D eigenvalue weighted by Crippen LogP contribution is -2.50. The van der Waals surface area contributed by atoms with Gasteiger partial charge >= 0.3 is 30.3 Å². The summed E-state index contributed by atoms with van der Waals surface area (Å²) < 4.78 is 68.0. The summed E-state index contributed by atoms with van der Waals surface area (Å²) in [7, 11) is 1.40. The zero-order valence-corrected chi connectivity index (χ0v) is 12.0. The Kier molecular flexibility index (Phi) is 10.7. The monoisotopic (exact) mass is 372 g/mol. The third-order valence-electron chi connectivity index (χ3n) is 2.04. The number of halogens is 6. The average molecular weight is 372 g/mol. The second-order valence-electron chi connectivity index (χ2n) is 3.89. The molecule has 8 nitrogen and oxygen atoms in total. The van der Waals surface area contributed by atoms with E-state index in [1.807, 2.05) is 0 Å². The van der Waals surface area contributed by atoms with Crippen LogP contribution in [0.4, 0.5) is 26.3 Å². The maximum absolute atomic E-state index is 10.8. The van der Waals surface area contributed by atoms with Crippen molar-refractivity contribution in [3.8, 4) is 0 Å². The van der Waals surface area contributed by atoms with E-state index in [1.165, 1.54) is 7.11 Å². The van der Waals surface area contributed by atoms with Crippen LogP contribution in [0.15, 0.2) is 0 Å². The highest BCUT2D eigenvalue weighted by Crippen LogP contribution is 2.13. The molecular weight excluding hydrogens is 358 g/mol. The number of methoxy groups -OCH3 is 1. The van der Waals surface area contributed by atoms with E-state index >= 15 is 0 Å². The first-order valence-corrected chi connectivity index (χ1v) is 5.90. The van der Waals surface area contributed by atoms with Crippen LogP contribution in [0.1, 0.15) is 12.8 Å². The summed E-state index contributed by atoms with van der Waals surface area (Å²) in [6.07, 6.45) is -8.29. The summed E-state index contributed by atoms with van der Waals surface area (Å²) in [5.74, 6) is -5.70. The molecule has 0 aliphatic carbocycles. The molecule has 1 atom stereocenters. The quantitative estimate of drug-likeness (QED) is 0.391. The highest BCUT2D eigenvalue weighted by Gasteiger charge is 2.38. The summed E-state index contributed by atoms with van der Waals surface area (Å²) in [4.78, 5) is 28.6. The van der Waals surface area contributed by atoms with Gasteiger partial charge in [-0.1, -0.05) is 0 Å². The highest BCUT2D eigenvalue weighted by atomic mass is 19.4. The molecule has 0 unspecified atom stereocenters. The minimum absolute atomic E-state index is 0.154. The van der Waals surface area contributed by atoms with E-state index in [1.54, 1.807) is 0 Å². The number of alkyl halides is 6. The first-order chi connectivity index (χ1) is 10.7. The number of nitrogens with one attached hydrogen (secondary N) is 2. The van der Waals surface area contributed by atoms with Gasteiger partial charge in [-0.15, -0.1) is 0 Å². The molecule has 0 aromatic rings. The number of hydrogen-bond acceptors (Lipinski definition) is 6. The summed E-state index contributed by atoms with van der Waals surface area (Å²) in [5.41, 5.74) is 5.74. The molecule has 1 heterocycles. The van der Waals surface area contributed by atoms with Gasteiger partial charge in [0.15, 0.2) is 0 Å². The van der Waals surface area contributed by atoms with Crippen molar-refractivity contribution in [3.05, 3.63) is 0 Å². The lowest BCUT2D eigenvalue weighted by molar-refractivity contribution is -0.193. The molecule has 1 fully saturated rings. The fourth-order valence-corrected chi connectivity index (χ4v) is 0.981. The zero-order chi connectivity index (χ0) is 19.6. The van der Waals surface area contributed by atoms with Gasteiger partial charge in [0.25, 0.3) is 0 Å². The van der Waals surface area contributed by atoms with E-state index in [2.05, 4.69) is 15.6 Å². The topological polar surface area (TPSA) is 125 Å². The number of ether oxygens (including phenoxy) is 1. The van der Waals surface area contributed by atoms with Crippen LogP contribution in [0.3, 0.4) is 0 Å². The fourth-order valence-electron chi connectivity index (χ4n) is 0.981. The van der Waals surface area contributed by atoms with Gasteiger partial charge in [0.05, 0.1) is 7.11 Å². The standard InChI is InChI=1S/C6H12N2O2.2C2HF3O2/c1-10-6(9)5-3-2-4-7-8-5;2*3-2(4,5)1(6)7/h5,7-8H,2-4H2,1H3;2*(H,6,7)/t5-;;/m1../s1. The SMILES string of the molecule is COC(=O)[C@H]1CCCNN1.O=C(O)C(F)(F)F.O=C(O)C(F)(F)F. The number of hydrogen-bond donors (Lipinski definition) is 4. The molecule has 1 aliphatic rings. The molecule has 0 amide bonds. The van der Waals surface area contributed by atoms with Gasteiger partial charge in [-0.25, -0.2) is 15.0 Å². The number of carbonyl (C=O) groups is 3. The number of carbonyl (C=O) groups excluding carboxylic acids is 1. The van der Waals surface area contributed by atoms with Crippen molar-refractivity contribution in [1.29, 1.82) is 0 Å². The molecule has 1 aliphatic heterocycles. The summed E-state index contributed by atoms with van der Waals surface area (Å²) in [6.45, 7) is 0.924. The van der Waals surface area contributed by atoms with Gasteiger partial charge in [-0.3, -0.25) is 10.2 Å². The third-order valence-corrected chi connectivity index (χ3v) is 2.04. The number of carboxylic acid groups (broad SMARTS) is 2. The molecular formula is C10H14F6N2O6. The molecule has 0 radical (unpaired) electrons. The first kappa shape index (κ1) is 24.2. The van der Waals surface area contributed by atoms with E-state index in [0.29, 0.717) is 0 Å². The second kappa shape index (κ2) is 10.6. The molecule has 1 saturated heterocycles. The maximum Gasteiger partial charge on any atom is 0.490 e. The molecule has 142 valence electrons. The molecule has 0 saturated carbocycles. The second-order valence-corrected chi connectivity index (χ2v) is 3.89.